The molecule has 27 heavy (non-hydrogen) atoms. The van der Waals surface area contributed by atoms with Gasteiger partial charge in [0.1, 0.15) is 0 Å². The SMILES string of the molecule is C/C=C(\C)Br.CC.CC(C)C(=O)c1ccc(-c2ccccc2)cc1.COC. The first-order valence-electron chi connectivity index (χ1n) is 9.25. The molecule has 150 valence electrons. The van der Waals surface area contributed by atoms with Crippen molar-refractivity contribution in [2.45, 2.75) is 41.5 Å². The molecule has 3 heteroatoms. The van der Waals surface area contributed by atoms with Gasteiger partial charge in [0, 0.05) is 25.7 Å². The Hall–Kier alpha value is -1.71. The van der Waals surface area contributed by atoms with Gasteiger partial charge in [-0.15, -0.1) is 0 Å². The van der Waals surface area contributed by atoms with E-state index in [0.29, 0.717) is 0 Å². The number of hydrogen-bond donors (Lipinski definition) is 0. The minimum absolute atomic E-state index is 0.0533. The highest BCUT2D eigenvalue weighted by Gasteiger charge is 2.09. The lowest BCUT2D eigenvalue weighted by Crippen LogP contribution is -2.06. The number of Topliss-reactive ketones (excluding diaryl/α,β-unsaturated/α-hetero) is 1. The summed E-state index contributed by atoms with van der Waals surface area (Å²) in [5.41, 5.74) is 3.11. The van der Waals surface area contributed by atoms with Crippen molar-refractivity contribution in [3.8, 4) is 11.1 Å². The van der Waals surface area contributed by atoms with E-state index >= 15 is 0 Å². The second-order valence-electron chi connectivity index (χ2n) is 5.75. The molecule has 0 aromatic heterocycles. The van der Waals surface area contributed by atoms with Crippen molar-refractivity contribution in [1.29, 1.82) is 0 Å². The predicted octanol–water partition coefficient (Wildman–Crippen LogP) is 7.79. The van der Waals surface area contributed by atoms with Gasteiger partial charge in [0.25, 0.3) is 0 Å². The lowest BCUT2D eigenvalue weighted by molar-refractivity contribution is 0.0939. The second kappa shape index (κ2) is 17.7. The maximum atomic E-state index is 11.8. The van der Waals surface area contributed by atoms with Crippen LogP contribution in [0.4, 0.5) is 0 Å². The summed E-state index contributed by atoms with van der Waals surface area (Å²) in [6.07, 6.45) is 2.00. The smallest absolute Gasteiger partial charge is 0.165 e. The fraction of sp³-hybridized carbons (Fsp3) is 0.375. The molecule has 0 radical (unpaired) electrons. The molecule has 2 aromatic carbocycles. The number of methoxy groups -OCH3 is 1. The molecule has 0 aliphatic heterocycles. The minimum atomic E-state index is 0.0533. The number of ketones is 1. The molecule has 0 spiro atoms. The standard InChI is InChI=1S/C16H16O.C4H7Br.C2H6O.C2H6/c1-12(2)16(17)15-10-8-14(9-11-15)13-6-4-3-5-7-13;1-3-4(2)5;1-3-2;1-2/h3-12H,1-2H3;3H,1-2H3;1-2H3;1-2H3/b;4-3+;;. The van der Waals surface area contributed by atoms with Gasteiger partial charge in [-0.1, -0.05) is 104 Å². The molecule has 0 unspecified atom stereocenters. The number of benzene rings is 2. The first-order chi connectivity index (χ1) is 12.9. The number of carbonyl (C=O) groups is 1. The maximum Gasteiger partial charge on any atom is 0.165 e. The summed E-state index contributed by atoms with van der Waals surface area (Å²) in [7, 11) is 3.25. The van der Waals surface area contributed by atoms with Gasteiger partial charge in [-0.2, -0.15) is 0 Å². The molecule has 0 heterocycles. The van der Waals surface area contributed by atoms with Gasteiger partial charge < -0.3 is 4.74 Å². The largest absolute Gasteiger partial charge is 0.388 e. The fourth-order valence-electron chi connectivity index (χ4n) is 1.79. The summed E-state index contributed by atoms with van der Waals surface area (Å²) >= 11 is 3.23. The Morgan fingerprint density at radius 3 is 1.63 bits per heavy atom. The molecule has 2 nitrogen and oxygen atoms in total. The Kier molecular flexibility index (Phi) is 18.0. The molecule has 0 saturated heterocycles. The molecular weight excluding hydrogens is 400 g/mol. The first kappa shape index (κ1) is 27.5. The molecule has 2 rings (SSSR count). The van der Waals surface area contributed by atoms with Gasteiger partial charge >= 0.3 is 0 Å². The van der Waals surface area contributed by atoms with Crippen LogP contribution in [0.5, 0.6) is 0 Å². The fourth-order valence-corrected chi connectivity index (χ4v) is 1.79. The molecule has 2 aromatic rings. The highest BCUT2D eigenvalue weighted by molar-refractivity contribution is 9.11. The van der Waals surface area contributed by atoms with Crippen LogP contribution in [0.15, 0.2) is 65.2 Å². The molecule has 0 N–H and O–H groups in total. The highest BCUT2D eigenvalue weighted by atomic mass is 79.9. The average Bonchev–Trinajstić information content (AvgIpc) is 2.70. The number of halogens is 1. The quantitative estimate of drug-likeness (QED) is 0.460. The van der Waals surface area contributed by atoms with Crippen molar-refractivity contribution < 1.29 is 9.53 Å². The zero-order valence-electron chi connectivity index (χ0n) is 18.0. The van der Waals surface area contributed by atoms with Crippen LogP contribution in [-0.4, -0.2) is 20.0 Å². The molecule has 0 fully saturated rings. The van der Waals surface area contributed by atoms with Crippen LogP contribution in [0, 0.1) is 5.92 Å². The van der Waals surface area contributed by atoms with Gasteiger partial charge in [0.15, 0.2) is 5.78 Å². The maximum absolute atomic E-state index is 11.8. The van der Waals surface area contributed by atoms with Crippen molar-refractivity contribution in [3.63, 3.8) is 0 Å². The van der Waals surface area contributed by atoms with Crippen molar-refractivity contribution in [3.05, 3.63) is 70.7 Å². The third-order valence-electron chi connectivity index (χ3n) is 3.20. The zero-order valence-corrected chi connectivity index (χ0v) is 19.6. The normalized spacial score (nSPS) is 9.78. The van der Waals surface area contributed by atoms with Gasteiger partial charge in [-0.3, -0.25) is 4.79 Å². The Bertz CT molecular complexity index is 625. The molecule has 0 aliphatic rings. The van der Waals surface area contributed by atoms with Crippen molar-refractivity contribution in [1.82, 2.24) is 0 Å². The topological polar surface area (TPSA) is 26.3 Å². The highest BCUT2D eigenvalue weighted by Crippen LogP contribution is 2.20. The molecule has 0 amide bonds. The summed E-state index contributed by atoms with van der Waals surface area (Å²) in [5, 5.41) is 0. The summed E-state index contributed by atoms with van der Waals surface area (Å²) in [5.74, 6) is 0.252. The molecule has 0 bridgehead atoms. The molecule has 0 atom stereocenters. The average molecular weight is 435 g/mol. The van der Waals surface area contributed by atoms with Crippen LogP contribution < -0.4 is 0 Å². The van der Waals surface area contributed by atoms with Crippen LogP contribution in [0.1, 0.15) is 51.9 Å². The van der Waals surface area contributed by atoms with E-state index in [1.807, 2.05) is 90.1 Å². The summed E-state index contributed by atoms with van der Waals surface area (Å²) in [6.45, 7) is 11.8. The van der Waals surface area contributed by atoms with E-state index in [2.05, 4.69) is 32.8 Å². The third-order valence-corrected chi connectivity index (χ3v) is 3.66. The van der Waals surface area contributed by atoms with Crippen molar-refractivity contribution in [2.24, 2.45) is 5.92 Å². The van der Waals surface area contributed by atoms with Crippen LogP contribution in [0.2, 0.25) is 0 Å². The van der Waals surface area contributed by atoms with Crippen LogP contribution >= 0.6 is 15.9 Å². The Balaban J connectivity index is 0. The van der Waals surface area contributed by atoms with Gasteiger partial charge in [-0.05, 0) is 29.5 Å². The summed E-state index contributed by atoms with van der Waals surface area (Å²) in [4.78, 5) is 11.8. The van der Waals surface area contributed by atoms with E-state index in [9.17, 15) is 4.79 Å². The Morgan fingerprint density at radius 2 is 1.30 bits per heavy atom. The lowest BCUT2D eigenvalue weighted by Gasteiger charge is -2.06. The van der Waals surface area contributed by atoms with Gasteiger partial charge in [0.2, 0.25) is 0 Å². The molecular formula is C24H35BrO2. The number of carbonyl (C=O) groups excluding carboxylic acids is 1. The minimum Gasteiger partial charge on any atom is -0.388 e. The van der Waals surface area contributed by atoms with Crippen molar-refractivity contribution in [2.75, 3.05) is 14.2 Å². The van der Waals surface area contributed by atoms with E-state index in [1.165, 1.54) is 10.0 Å². The zero-order chi connectivity index (χ0) is 21.2. The summed E-state index contributed by atoms with van der Waals surface area (Å²) < 4.78 is 5.44. The van der Waals surface area contributed by atoms with E-state index in [0.717, 1.165) is 11.1 Å². The monoisotopic (exact) mass is 434 g/mol. The van der Waals surface area contributed by atoms with Crippen LogP contribution in [-0.2, 0) is 4.74 Å². The predicted molar refractivity (Wildman–Crippen MR) is 124 cm³/mol. The Morgan fingerprint density at radius 1 is 0.926 bits per heavy atom. The van der Waals surface area contributed by atoms with Gasteiger partial charge in [0.05, 0.1) is 0 Å². The van der Waals surface area contributed by atoms with E-state index in [4.69, 9.17) is 0 Å². The van der Waals surface area contributed by atoms with E-state index in [-0.39, 0.29) is 11.7 Å². The molecule has 0 aliphatic carbocycles. The first-order valence-corrected chi connectivity index (χ1v) is 10.0. The third kappa shape index (κ3) is 13.2. The van der Waals surface area contributed by atoms with Crippen molar-refractivity contribution >= 4 is 21.7 Å². The number of ether oxygens (including phenoxy) is 1. The number of rotatable bonds is 3. The lowest BCUT2D eigenvalue weighted by atomic mass is 9.98. The number of allylic oxidation sites excluding steroid dienone is 2. The van der Waals surface area contributed by atoms with E-state index in [1.54, 1.807) is 14.2 Å². The number of hydrogen-bond acceptors (Lipinski definition) is 2. The van der Waals surface area contributed by atoms with E-state index < -0.39 is 0 Å². The molecule has 0 saturated carbocycles. The van der Waals surface area contributed by atoms with Crippen LogP contribution in [0.3, 0.4) is 0 Å². The van der Waals surface area contributed by atoms with Gasteiger partial charge in [-0.25, -0.2) is 0 Å². The Labute approximate surface area is 174 Å². The van der Waals surface area contributed by atoms with Crippen LogP contribution in [0.25, 0.3) is 11.1 Å². The summed E-state index contributed by atoms with van der Waals surface area (Å²) in [6, 6.07) is 18.0. The second-order valence-corrected chi connectivity index (χ2v) is 7.00.